The zero-order chi connectivity index (χ0) is 11.0. The molecule has 1 aromatic carbocycles. The fourth-order valence-corrected chi connectivity index (χ4v) is 2.04. The Kier molecular flexibility index (Phi) is 2.40. The number of aromatic hydroxyl groups is 1. The number of nitrogens with two attached hydrogens (primary N) is 1. The van der Waals surface area contributed by atoms with Crippen LogP contribution in [0, 0.1) is 0 Å². The summed E-state index contributed by atoms with van der Waals surface area (Å²) < 4.78 is 2.06. The standard InChI is InChI=1S/C12H16N2O/c1-3-14-10(8(2)13)7-9-5-4-6-11(15)12(9)14/h4-8,15H,3,13H2,1-2H3. The lowest BCUT2D eigenvalue weighted by atomic mass is 10.2. The van der Waals surface area contributed by atoms with E-state index in [-0.39, 0.29) is 6.04 Å². The molecule has 3 N–H and O–H groups in total. The fourth-order valence-electron chi connectivity index (χ4n) is 2.04. The van der Waals surface area contributed by atoms with Gasteiger partial charge in [0.25, 0.3) is 0 Å². The van der Waals surface area contributed by atoms with Crippen LogP contribution in [-0.4, -0.2) is 9.67 Å². The van der Waals surface area contributed by atoms with E-state index in [1.807, 2.05) is 25.1 Å². The van der Waals surface area contributed by atoms with Crippen molar-refractivity contribution in [1.29, 1.82) is 0 Å². The number of benzene rings is 1. The zero-order valence-corrected chi connectivity index (χ0v) is 9.07. The summed E-state index contributed by atoms with van der Waals surface area (Å²) in [7, 11) is 0. The van der Waals surface area contributed by atoms with Crippen LogP contribution in [0.25, 0.3) is 10.9 Å². The molecule has 80 valence electrons. The Labute approximate surface area is 89.1 Å². The summed E-state index contributed by atoms with van der Waals surface area (Å²) in [6, 6.07) is 7.58. The highest BCUT2D eigenvalue weighted by molar-refractivity contribution is 5.86. The highest BCUT2D eigenvalue weighted by atomic mass is 16.3. The molecule has 2 aromatic rings. The second-order valence-corrected chi connectivity index (χ2v) is 3.82. The first kappa shape index (κ1) is 10.1. The van der Waals surface area contributed by atoms with Crippen LogP contribution in [0.4, 0.5) is 0 Å². The molecule has 0 bridgehead atoms. The first-order valence-electron chi connectivity index (χ1n) is 5.21. The first-order valence-corrected chi connectivity index (χ1v) is 5.21. The van der Waals surface area contributed by atoms with Crippen molar-refractivity contribution in [3.05, 3.63) is 30.0 Å². The highest BCUT2D eigenvalue weighted by Gasteiger charge is 2.12. The van der Waals surface area contributed by atoms with Gasteiger partial charge in [-0.2, -0.15) is 0 Å². The Balaban J connectivity index is 2.80. The molecule has 1 heterocycles. The Morgan fingerprint density at radius 1 is 1.47 bits per heavy atom. The summed E-state index contributed by atoms with van der Waals surface area (Å²) in [6.07, 6.45) is 0. The topological polar surface area (TPSA) is 51.2 Å². The molecule has 0 saturated heterocycles. The van der Waals surface area contributed by atoms with E-state index in [1.54, 1.807) is 6.07 Å². The first-order chi connectivity index (χ1) is 7.15. The van der Waals surface area contributed by atoms with Gasteiger partial charge in [-0.25, -0.2) is 0 Å². The van der Waals surface area contributed by atoms with Gasteiger partial charge in [0.05, 0.1) is 5.52 Å². The van der Waals surface area contributed by atoms with Gasteiger partial charge >= 0.3 is 0 Å². The van der Waals surface area contributed by atoms with Crippen molar-refractivity contribution in [2.75, 3.05) is 0 Å². The number of nitrogens with zero attached hydrogens (tertiary/aromatic N) is 1. The number of para-hydroxylation sites is 1. The van der Waals surface area contributed by atoms with Crippen molar-refractivity contribution in [2.24, 2.45) is 5.73 Å². The Bertz CT molecular complexity index is 486. The van der Waals surface area contributed by atoms with E-state index >= 15 is 0 Å². The molecular weight excluding hydrogens is 188 g/mol. The third-order valence-corrected chi connectivity index (χ3v) is 2.71. The maximum absolute atomic E-state index is 9.82. The predicted octanol–water partition coefficient (Wildman–Crippen LogP) is 2.39. The lowest BCUT2D eigenvalue weighted by molar-refractivity contribution is 0.477. The van der Waals surface area contributed by atoms with Gasteiger partial charge in [-0.3, -0.25) is 0 Å². The molecule has 1 aromatic heterocycles. The van der Waals surface area contributed by atoms with Crippen LogP contribution in [0.15, 0.2) is 24.3 Å². The third-order valence-electron chi connectivity index (χ3n) is 2.71. The molecule has 0 fully saturated rings. The van der Waals surface area contributed by atoms with Crippen LogP contribution in [0.5, 0.6) is 5.75 Å². The molecule has 0 amide bonds. The Morgan fingerprint density at radius 2 is 2.20 bits per heavy atom. The van der Waals surface area contributed by atoms with Crippen LogP contribution in [0.2, 0.25) is 0 Å². The Hall–Kier alpha value is -1.48. The lowest BCUT2D eigenvalue weighted by Crippen LogP contribution is -2.11. The molecule has 0 radical (unpaired) electrons. The third kappa shape index (κ3) is 1.49. The van der Waals surface area contributed by atoms with E-state index in [1.165, 1.54) is 0 Å². The molecule has 15 heavy (non-hydrogen) atoms. The minimum Gasteiger partial charge on any atom is -0.506 e. The van der Waals surface area contributed by atoms with Crippen molar-refractivity contribution in [2.45, 2.75) is 26.4 Å². The maximum Gasteiger partial charge on any atom is 0.139 e. The molecule has 0 spiro atoms. The molecule has 2 rings (SSSR count). The van der Waals surface area contributed by atoms with Crippen LogP contribution in [0.1, 0.15) is 25.6 Å². The monoisotopic (exact) mass is 204 g/mol. The fraction of sp³-hybridized carbons (Fsp3) is 0.333. The average Bonchev–Trinajstić information content (AvgIpc) is 2.57. The smallest absolute Gasteiger partial charge is 0.139 e. The van der Waals surface area contributed by atoms with Gasteiger partial charge in [0.15, 0.2) is 0 Å². The summed E-state index contributed by atoms with van der Waals surface area (Å²) in [6.45, 7) is 4.83. The molecule has 0 aliphatic rings. The molecule has 3 heteroatoms. The van der Waals surface area contributed by atoms with E-state index < -0.39 is 0 Å². The van der Waals surface area contributed by atoms with Crippen molar-refractivity contribution in [1.82, 2.24) is 4.57 Å². The number of aromatic nitrogens is 1. The number of phenols is 1. The number of rotatable bonds is 2. The van der Waals surface area contributed by atoms with E-state index in [0.717, 1.165) is 23.1 Å². The van der Waals surface area contributed by atoms with Crippen LogP contribution < -0.4 is 5.73 Å². The van der Waals surface area contributed by atoms with E-state index in [4.69, 9.17) is 5.73 Å². The number of fused-ring (bicyclic) bond motifs is 1. The minimum absolute atomic E-state index is 0.0169. The van der Waals surface area contributed by atoms with Gasteiger partial charge in [0, 0.05) is 23.7 Å². The summed E-state index contributed by atoms with van der Waals surface area (Å²) >= 11 is 0. The summed E-state index contributed by atoms with van der Waals surface area (Å²) in [4.78, 5) is 0. The maximum atomic E-state index is 9.82. The van der Waals surface area contributed by atoms with Crippen molar-refractivity contribution in [3.8, 4) is 5.75 Å². The predicted molar refractivity (Wildman–Crippen MR) is 61.9 cm³/mol. The average molecular weight is 204 g/mol. The van der Waals surface area contributed by atoms with Gasteiger partial charge in [-0.15, -0.1) is 0 Å². The molecule has 0 aliphatic carbocycles. The van der Waals surface area contributed by atoms with E-state index in [9.17, 15) is 5.11 Å². The van der Waals surface area contributed by atoms with Crippen molar-refractivity contribution >= 4 is 10.9 Å². The molecule has 1 atom stereocenters. The van der Waals surface area contributed by atoms with Gasteiger partial charge in [-0.1, -0.05) is 12.1 Å². The minimum atomic E-state index is -0.0169. The second-order valence-electron chi connectivity index (χ2n) is 3.82. The van der Waals surface area contributed by atoms with E-state index in [2.05, 4.69) is 11.5 Å². The number of hydrogen-bond donors (Lipinski definition) is 2. The lowest BCUT2D eigenvalue weighted by Gasteiger charge is -2.11. The largest absolute Gasteiger partial charge is 0.506 e. The van der Waals surface area contributed by atoms with Gasteiger partial charge in [-0.05, 0) is 26.0 Å². The van der Waals surface area contributed by atoms with Gasteiger partial charge in [0.1, 0.15) is 5.75 Å². The highest BCUT2D eigenvalue weighted by Crippen LogP contribution is 2.29. The van der Waals surface area contributed by atoms with Crippen molar-refractivity contribution < 1.29 is 5.11 Å². The quantitative estimate of drug-likeness (QED) is 0.789. The SMILES string of the molecule is CCn1c(C(C)N)cc2cccc(O)c21. The second kappa shape index (κ2) is 3.59. The summed E-state index contributed by atoms with van der Waals surface area (Å²) in [5, 5.41) is 10.9. The van der Waals surface area contributed by atoms with Crippen molar-refractivity contribution in [3.63, 3.8) is 0 Å². The number of aryl methyl sites for hydroxylation is 1. The van der Waals surface area contributed by atoms with Gasteiger partial charge < -0.3 is 15.4 Å². The van der Waals surface area contributed by atoms with Gasteiger partial charge in [0.2, 0.25) is 0 Å². The number of phenolic OH excluding ortho intramolecular Hbond substituents is 1. The molecule has 0 aliphatic heterocycles. The normalized spacial score (nSPS) is 13.3. The molecule has 3 nitrogen and oxygen atoms in total. The summed E-state index contributed by atoms with van der Waals surface area (Å²) in [5.74, 6) is 0.321. The molecular formula is C12H16N2O. The van der Waals surface area contributed by atoms with Crippen LogP contribution in [-0.2, 0) is 6.54 Å². The molecule has 1 unspecified atom stereocenters. The summed E-state index contributed by atoms with van der Waals surface area (Å²) in [5.41, 5.74) is 7.85. The van der Waals surface area contributed by atoms with Crippen LogP contribution in [0.3, 0.4) is 0 Å². The zero-order valence-electron chi connectivity index (χ0n) is 9.07. The van der Waals surface area contributed by atoms with Crippen LogP contribution >= 0.6 is 0 Å². The van der Waals surface area contributed by atoms with E-state index in [0.29, 0.717) is 5.75 Å². The Morgan fingerprint density at radius 3 is 2.80 bits per heavy atom. The number of hydrogen-bond acceptors (Lipinski definition) is 2. The molecule has 0 saturated carbocycles.